The van der Waals surface area contributed by atoms with Crippen LogP contribution in [0.3, 0.4) is 0 Å². The van der Waals surface area contributed by atoms with Gasteiger partial charge in [-0.25, -0.2) is 13.4 Å². The van der Waals surface area contributed by atoms with Gasteiger partial charge in [-0.3, -0.25) is 4.72 Å². The predicted molar refractivity (Wildman–Crippen MR) is 96.8 cm³/mol. The number of nitrogens with zero attached hydrogens (tertiary/aromatic N) is 2. The first-order valence-electron chi connectivity index (χ1n) is 8.25. The van der Waals surface area contributed by atoms with Crippen molar-refractivity contribution in [1.29, 1.82) is 0 Å². The van der Waals surface area contributed by atoms with E-state index in [9.17, 15) is 8.42 Å². The van der Waals surface area contributed by atoms with Crippen molar-refractivity contribution in [3.8, 4) is 0 Å². The molecule has 0 saturated carbocycles. The van der Waals surface area contributed by atoms with Gasteiger partial charge in [0.15, 0.2) is 0 Å². The molecule has 2 aromatic rings. The molecule has 1 aromatic carbocycles. The van der Waals surface area contributed by atoms with E-state index in [0.717, 1.165) is 24.5 Å². The standard InChI is InChI=1S/C18H23N3O2S/c1-14-6-5-11-21(13-14)18-10-9-16(12-19-18)20-24(22,23)17-8-4-3-7-15(17)2/h3-4,7-10,12,14,20H,5-6,11,13H2,1-2H3. The number of aryl methyl sites for hydroxylation is 1. The molecule has 6 heteroatoms. The van der Waals surface area contributed by atoms with Crippen LogP contribution in [-0.4, -0.2) is 26.5 Å². The molecule has 1 N–H and O–H groups in total. The number of sulfonamides is 1. The number of hydrogen-bond acceptors (Lipinski definition) is 4. The van der Waals surface area contributed by atoms with Gasteiger partial charge in [0.2, 0.25) is 0 Å². The maximum Gasteiger partial charge on any atom is 0.262 e. The van der Waals surface area contributed by atoms with Crippen LogP contribution in [-0.2, 0) is 10.0 Å². The molecule has 0 spiro atoms. The minimum atomic E-state index is -3.59. The first-order valence-corrected chi connectivity index (χ1v) is 9.73. The van der Waals surface area contributed by atoms with Crippen molar-refractivity contribution in [2.45, 2.75) is 31.6 Å². The first kappa shape index (κ1) is 16.8. The lowest BCUT2D eigenvalue weighted by Crippen LogP contribution is -2.34. The third-order valence-corrected chi connectivity index (χ3v) is 5.91. The second-order valence-electron chi connectivity index (χ2n) is 6.47. The van der Waals surface area contributed by atoms with Crippen molar-refractivity contribution in [1.82, 2.24) is 4.98 Å². The number of benzene rings is 1. The Morgan fingerprint density at radius 1 is 1.21 bits per heavy atom. The molecule has 24 heavy (non-hydrogen) atoms. The Morgan fingerprint density at radius 3 is 2.67 bits per heavy atom. The minimum absolute atomic E-state index is 0.291. The Kier molecular flexibility index (Phi) is 4.76. The fraction of sp³-hybridized carbons (Fsp3) is 0.389. The fourth-order valence-electron chi connectivity index (χ4n) is 3.10. The zero-order valence-electron chi connectivity index (χ0n) is 14.1. The third kappa shape index (κ3) is 3.70. The number of rotatable bonds is 4. The normalized spacial score (nSPS) is 18.4. The van der Waals surface area contributed by atoms with Crippen LogP contribution in [0.1, 0.15) is 25.3 Å². The zero-order valence-corrected chi connectivity index (χ0v) is 14.9. The molecule has 1 unspecified atom stereocenters. The highest BCUT2D eigenvalue weighted by Crippen LogP contribution is 2.23. The molecule has 1 saturated heterocycles. The Hall–Kier alpha value is -2.08. The summed E-state index contributed by atoms with van der Waals surface area (Å²) in [6.45, 7) is 6.04. The molecule has 5 nitrogen and oxygen atoms in total. The van der Waals surface area contributed by atoms with Gasteiger partial charge in [0, 0.05) is 13.1 Å². The van der Waals surface area contributed by atoms with Gasteiger partial charge < -0.3 is 4.90 Å². The van der Waals surface area contributed by atoms with Crippen LogP contribution in [0, 0.1) is 12.8 Å². The topological polar surface area (TPSA) is 62.3 Å². The average molecular weight is 345 g/mol. The molecule has 1 aliphatic rings. The van der Waals surface area contributed by atoms with Crippen molar-refractivity contribution >= 4 is 21.5 Å². The lowest BCUT2D eigenvalue weighted by molar-refractivity contribution is 0.444. The smallest absolute Gasteiger partial charge is 0.262 e. The van der Waals surface area contributed by atoms with Crippen molar-refractivity contribution in [3.63, 3.8) is 0 Å². The molecule has 3 rings (SSSR count). The van der Waals surface area contributed by atoms with Gasteiger partial charge >= 0.3 is 0 Å². The van der Waals surface area contributed by atoms with E-state index in [1.54, 1.807) is 37.4 Å². The molecule has 1 fully saturated rings. The van der Waals surface area contributed by atoms with E-state index in [1.807, 2.05) is 12.1 Å². The summed E-state index contributed by atoms with van der Waals surface area (Å²) in [7, 11) is -3.59. The highest BCUT2D eigenvalue weighted by Gasteiger charge is 2.19. The molecule has 1 atom stereocenters. The van der Waals surface area contributed by atoms with Gasteiger partial charge in [0.05, 0.1) is 16.8 Å². The van der Waals surface area contributed by atoms with Gasteiger partial charge in [-0.2, -0.15) is 0 Å². The summed E-state index contributed by atoms with van der Waals surface area (Å²) in [6, 6.07) is 10.6. The molecular formula is C18H23N3O2S. The summed E-state index contributed by atoms with van der Waals surface area (Å²) in [4.78, 5) is 6.98. The van der Waals surface area contributed by atoms with E-state index in [-0.39, 0.29) is 0 Å². The van der Waals surface area contributed by atoms with Gasteiger partial charge in [-0.1, -0.05) is 25.1 Å². The van der Waals surface area contributed by atoms with E-state index >= 15 is 0 Å². The van der Waals surface area contributed by atoms with Crippen LogP contribution in [0.5, 0.6) is 0 Å². The van der Waals surface area contributed by atoms with Crippen LogP contribution in [0.15, 0.2) is 47.5 Å². The molecule has 0 bridgehead atoms. The number of anilines is 2. The van der Waals surface area contributed by atoms with Crippen LogP contribution in [0.25, 0.3) is 0 Å². The largest absolute Gasteiger partial charge is 0.356 e. The first-order chi connectivity index (χ1) is 11.5. The second-order valence-corrected chi connectivity index (χ2v) is 8.12. The second kappa shape index (κ2) is 6.81. The monoisotopic (exact) mass is 345 g/mol. The molecule has 0 radical (unpaired) electrons. The van der Waals surface area contributed by atoms with Gasteiger partial charge in [-0.15, -0.1) is 0 Å². The molecule has 1 aliphatic heterocycles. The molecule has 2 heterocycles. The SMILES string of the molecule is Cc1ccccc1S(=O)(=O)Nc1ccc(N2CCCC(C)C2)nc1. The fourth-order valence-corrected chi connectivity index (χ4v) is 4.39. The Bertz CT molecular complexity index is 803. The number of hydrogen-bond donors (Lipinski definition) is 1. The number of piperidine rings is 1. The van der Waals surface area contributed by atoms with Gasteiger partial charge in [-0.05, 0) is 49.4 Å². The number of aromatic nitrogens is 1. The maximum atomic E-state index is 12.5. The third-order valence-electron chi connectivity index (χ3n) is 4.36. The van der Waals surface area contributed by atoms with Crippen molar-refractivity contribution in [2.75, 3.05) is 22.7 Å². The van der Waals surface area contributed by atoms with E-state index in [2.05, 4.69) is 21.5 Å². The lowest BCUT2D eigenvalue weighted by atomic mass is 10.0. The van der Waals surface area contributed by atoms with E-state index in [1.165, 1.54) is 12.8 Å². The average Bonchev–Trinajstić information content (AvgIpc) is 2.55. The maximum absolute atomic E-state index is 12.5. The van der Waals surface area contributed by atoms with Crippen molar-refractivity contribution in [2.24, 2.45) is 5.92 Å². The van der Waals surface area contributed by atoms with Crippen molar-refractivity contribution in [3.05, 3.63) is 48.2 Å². The summed E-state index contributed by atoms with van der Waals surface area (Å²) < 4.78 is 27.6. The predicted octanol–water partition coefficient (Wildman–Crippen LogP) is 3.43. The Labute approximate surface area is 143 Å². The Morgan fingerprint density at radius 2 is 2.00 bits per heavy atom. The van der Waals surface area contributed by atoms with Crippen LogP contribution in [0.4, 0.5) is 11.5 Å². The van der Waals surface area contributed by atoms with E-state index in [4.69, 9.17) is 0 Å². The van der Waals surface area contributed by atoms with Crippen LogP contribution in [0.2, 0.25) is 0 Å². The molecule has 0 aliphatic carbocycles. The van der Waals surface area contributed by atoms with Gasteiger partial charge in [0.25, 0.3) is 10.0 Å². The van der Waals surface area contributed by atoms with E-state index < -0.39 is 10.0 Å². The van der Waals surface area contributed by atoms with Crippen molar-refractivity contribution < 1.29 is 8.42 Å². The quantitative estimate of drug-likeness (QED) is 0.922. The minimum Gasteiger partial charge on any atom is -0.356 e. The van der Waals surface area contributed by atoms with Gasteiger partial charge in [0.1, 0.15) is 5.82 Å². The highest BCUT2D eigenvalue weighted by atomic mass is 32.2. The molecule has 128 valence electrons. The Balaban J connectivity index is 1.75. The molecular weight excluding hydrogens is 322 g/mol. The van der Waals surface area contributed by atoms with E-state index in [0.29, 0.717) is 16.5 Å². The molecule has 1 aromatic heterocycles. The summed E-state index contributed by atoms with van der Waals surface area (Å²) in [5.74, 6) is 1.57. The summed E-state index contributed by atoms with van der Waals surface area (Å²) in [5.41, 5.74) is 1.20. The number of nitrogens with one attached hydrogen (secondary N) is 1. The summed E-state index contributed by atoms with van der Waals surface area (Å²) in [5, 5.41) is 0. The summed E-state index contributed by atoms with van der Waals surface area (Å²) in [6.07, 6.45) is 4.01. The zero-order chi connectivity index (χ0) is 17.2. The van der Waals surface area contributed by atoms with Crippen LogP contribution >= 0.6 is 0 Å². The van der Waals surface area contributed by atoms with Crippen LogP contribution < -0.4 is 9.62 Å². The number of pyridine rings is 1. The lowest BCUT2D eigenvalue weighted by Gasteiger charge is -2.31. The molecule has 0 amide bonds. The highest BCUT2D eigenvalue weighted by molar-refractivity contribution is 7.92. The summed E-state index contributed by atoms with van der Waals surface area (Å²) >= 11 is 0.